The molecule has 0 aromatic heterocycles. The molecule has 0 unspecified atom stereocenters. The second kappa shape index (κ2) is 22.0. The van der Waals surface area contributed by atoms with Crippen LogP contribution in [0.1, 0.15) is 59.3 Å². The van der Waals surface area contributed by atoms with Crippen molar-refractivity contribution in [2.75, 3.05) is 39.6 Å². The van der Waals surface area contributed by atoms with Crippen molar-refractivity contribution < 1.29 is 14.2 Å². The van der Waals surface area contributed by atoms with Gasteiger partial charge in [-0.05, 0) is 94.1 Å². The summed E-state index contributed by atoms with van der Waals surface area (Å²) in [4.78, 5) is 0. The maximum Gasteiger partial charge on any atom is 0.0568 e. The number of rotatable bonds is 21. The fourth-order valence-corrected chi connectivity index (χ4v) is 20.6. The average molecular weight is 853 g/mol. The highest BCUT2D eigenvalue weighted by molar-refractivity contribution is 7.76. The third kappa shape index (κ3) is 10.4. The van der Waals surface area contributed by atoms with Crippen molar-refractivity contribution in [1.29, 1.82) is 0 Å². The van der Waals surface area contributed by atoms with E-state index in [1.807, 2.05) is 0 Å². The first-order valence-electron chi connectivity index (χ1n) is 22.0. The van der Waals surface area contributed by atoms with E-state index in [4.69, 9.17) is 14.2 Å². The summed E-state index contributed by atoms with van der Waals surface area (Å²) < 4.78 is 21.4. The molecule has 0 heterocycles. The highest BCUT2D eigenvalue weighted by atomic mass is 31.1. The van der Waals surface area contributed by atoms with Crippen LogP contribution in [-0.4, -0.2) is 55.1 Å². The predicted octanol–water partition coefficient (Wildman–Crippen LogP) is 11.1. The maximum atomic E-state index is 7.12. The molecule has 3 nitrogen and oxygen atoms in total. The van der Waals surface area contributed by atoms with Crippen LogP contribution in [-0.2, 0) is 14.2 Å². The second-order valence-electron chi connectivity index (χ2n) is 16.4. The van der Waals surface area contributed by atoms with Gasteiger partial charge in [-0.1, -0.05) is 203 Å². The van der Waals surface area contributed by atoms with Crippen LogP contribution in [0.3, 0.4) is 0 Å². The van der Waals surface area contributed by atoms with E-state index in [0.29, 0.717) is 19.8 Å². The fourth-order valence-electron chi connectivity index (χ4n) is 9.77. The van der Waals surface area contributed by atoms with Crippen molar-refractivity contribution >= 4 is 55.6 Å². The number of hydrogen-bond donors (Lipinski definition) is 0. The zero-order valence-corrected chi connectivity index (χ0v) is 38.6. The normalized spacial score (nSPS) is 20.5. The molecule has 0 amide bonds. The van der Waals surface area contributed by atoms with E-state index in [-0.39, 0.29) is 15.5 Å². The molecule has 6 heteroatoms. The number of hydrogen-bond acceptors (Lipinski definition) is 3. The standard InChI is InChI=1S/C54H63O3P3/c1-4-37-55-43-52(58(46-25-13-7-14-26-46)47-27-15-8-16-28-47)40-53(44-56-38-5-2,59(48-29-17-9-18-30-48)49-31-19-10-20-32-49)42-54(41-52,45-57-39-6-3)60(50-33-21-11-22-34-50)51-35-23-12-24-36-51/h7-36H,4-6,37-45H2,1-3H3. The molecule has 0 aliphatic heterocycles. The van der Waals surface area contributed by atoms with Crippen molar-refractivity contribution in [1.82, 2.24) is 0 Å². The monoisotopic (exact) mass is 852 g/mol. The summed E-state index contributed by atoms with van der Waals surface area (Å²) in [6.07, 6.45) is 5.84. The molecule has 0 radical (unpaired) electrons. The van der Waals surface area contributed by atoms with Crippen LogP contribution >= 0.6 is 23.8 Å². The van der Waals surface area contributed by atoms with Crippen molar-refractivity contribution in [3.05, 3.63) is 182 Å². The molecule has 60 heavy (non-hydrogen) atoms. The van der Waals surface area contributed by atoms with Crippen LogP contribution < -0.4 is 31.8 Å². The first-order valence-corrected chi connectivity index (χ1v) is 26.0. The molecular formula is C54H63O3P3. The summed E-state index contributed by atoms with van der Waals surface area (Å²) >= 11 is 0. The van der Waals surface area contributed by atoms with E-state index >= 15 is 0 Å². The summed E-state index contributed by atoms with van der Waals surface area (Å²) in [5.41, 5.74) is 0. The maximum absolute atomic E-state index is 7.12. The molecule has 0 bridgehead atoms. The lowest BCUT2D eigenvalue weighted by molar-refractivity contribution is 0.0309. The topological polar surface area (TPSA) is 27.7 Å². The minimum absolute atomic E-state index is 0.287. The van der Waals surface area contributed by atoms with Gasteiger partial charge in [-0.25, -0.2) is 0 Å². The molecule has 1 aliphatic carbocycles. The molecule has 312 valence electrons. The van der Waals surface area contributed by atoms with Crippen molar-refractivity contribution in [2.45, 2.75) is 74.8 Å². The van der Waals surface area contributed by atoms with E-state index in [1.54, 1.807) is 0 Å². The van der Waals surface area contributed by atoms with Crippen LogP contribution in [0.25, 0.3) is 0 Å². The Labute approximate surface area is 364 Å². The Hall–Kier alpha value is -3.51. The zero-order chi connectivity index (χ0) is 41.5. The molecule has 7 rings (SSSR count). The largest absolute Gasteiger partial charge is 0.380 e. The molecule has 0 saturated heterocycles. The molecule has 6 aromatic rings. The van der Waals surface area contributed by atoms with Crippen LogP contribution in [0.15, 0.2) is 182 Å². The average Bonchev–Trinajstić information content (AvgIpc) is 3.29. The molecule has 0 N–H and O–H groups in total. The molecular weight excluding hydrogens is 790 g/mol. The van der Waals surface area contributed by atoms with Crippen molar-refractivity contribution in [3.63, 3.8) is 0 Å². The van der Waals surface area contributed by atoms with E-state index < -0.39 is 23.8 Å². The quantitative estimate of drug-likeness (QED) is 0.0533. The lowest BCUT2D eigenvalue weighted by Crippen LogP contribution is -2.62. The summed E-state index contributed by atoms with van der Waals surface area (Å²) in [7, 11) is -2.89. The van der Waals surface area contributed by atoms with Gasteiger partial charge in [0.05, 0.1) is 19.8 Å². The van der Waals surface area contributed by atoms with Gasteiger partial charge >= 0.3 is 0 Å². The van der Waals surface area contributed by atoms with Gasteiger partial charge in [0, 0.05) is 35.3 Å². The Morgan fingerprint density at radius 2 is 0.500 bits per heavy atom. The van der Waals surface area contributed by atoms with Gasteiger partial charge in [0.15, 0.2) is 0 Å². The summed E-state index contributed by atoms with van der Waals surface area (Å²) in [6.45, 7) is 10.9. The van der Waals surface area contributed by atoms with Gasteiger partial charge in [0.2, 0.25) is 0 Å². The lowest BCUT2D eigenvalue weighted by atomic mass is 9.73. The van der Waals surface area contributed by atoms with Gasteiger partial charge in [0.1, 0.15) is 0 Å². The summed E-state index contributed by atoms with van der Waals surface area (Å²) in [5, 5.41) is 7.56. The molecule has 1 aliphatic rings. The number of benzene rings is 6. The summed E-state index contributed by atoms with van der Waals surface area (Å²) in [6, 6.07) is 68.7. The molecule has 0 atom stereocenters. The summed E-state index contributed by atoms with van der Waals surface area (Å²) in [5.74, 6) is 0. The van der Waals surface area contributed by atoms with Gasteiger partial charge in [-0.2, -0.15) is 0 Å². The minimum atomic E-state index is -0.965. The fraction of sp³-hybridized carbons (Fsp3) is 0.333. The molecule has 6 aromatic carbocycles. The highest BCUT2D eigenvalue weighted by Crippen LogP contribution is 2.72. The highest BCUT2D eigenvalue weighted by Gasteiger charge is 2.63. The van der Waals surface area contributed by atoms with Gasteiger partial charge < -0.3 is 14.2 Å². The Balaban J connectivity index is 1.62. The van der Waals surface area contributed by atoms with E-state index in [2.05, 4.69) is 203 Å². The van der Waals surface area contributed by atoms with Crippen LogP contribution in [0.2, 0.25) is 0 Å². The minimum Gasteiger partial charge on any atom is -0.380 e. The van der Waals surface area contributed by atoms with E-state index in [0.717, 1.165) is 58.3 Å². The van der Waals surface area contributed by atoms with E-state index in [9.17, 15) is 0 Å². The van der Waals surface area contributed by atoms with Crippen LogP contribution in [0.5, 0.6) is 0 Å². The van der Waals surface area contributed by atoms with Crippen molar-refractivity contribution in [2.24, 2.45) is 0 Å². The Bertz CT molecular complexity index is 1730. The zero-order valence-electron chi connectivity index (χ0n) is 35.9. The molecule has 1 fully saturated rings. The van der Waals surface area contributed by atoms with Crippen LogP contribution in [0, 0.1) is 0 Å². The van der Waals surface area contributed by atoms with Gasteiger partial charge in [-0.15, -0.1) is 0 Å². The van der Waals surface area contributed by atoms with Crippen LogP contribution in [0.4, 0.5) is 0 Å². The lowest BCUT2D eigenvalue weighted by Gasteiger charge is -2.62. The first kappa shape index (κ1) is 44.5. The second-order valence-corrected chi connectivity index (χ2v) is 24.3. The smallest absolute Gasteiger partial charge is 0.0568 e. The van der Waals surface area contributed by atoms with Gasteiger partial charge in [0.25, 0.3) is 0 Å². The number of ether oxygens (including phenoxy) is 3. The van der Waals surface area contributed by atoms with Gasteiger partial charge in [-0.3, -0.25) is 0 Å². The third-order valence-electron chi connectivity index (χ3n) is 11.6. The first-order chi connectivity index (χ1) is 29.6. The molecule has 0 spiro atoms. The Morgan fingerprint density at radius 1 is 0.317 bits per heavy atom. The SMILES string of the molecule is CCCOCC1(P(c2ccccc2)c2ccccc2)CC(COCCC)(P(c2ccccc2)c2ccccc2)CC(COCCC)(P(c2ccccc2)c2ccccc2)C1. The Kier molecular flexibility index (Phi) is 16.4. The third-order valence-corrected chi connectivity index (χ3v) is 20.7. The predicted molar refractivity (Wildman–Crippen MR) is 263 cm³/mol. The van der Waals surface area contributed by atoms with E-state index in [1.165, 1.54) is 31.8 Å². The van der Waals surface area contributed by atoms with Crippen molar-refractivity contribution in [3.8, 4) is 0 Å². The Morgan fingerprint density at radius 3 is 0.667 bits per heavy atom. The molecule has 1 saturated carbocycles.